The van der Waals surface area contributed by atoms with E-state index >= 15 is 0 Å². The Labute approximate surface area is 156 Å². The molecule has 2 aliphatic heterocycles. The summed E-state index contributed by atoms with van der Waals surface area (Å²) >= 11 is 0. The predicted molar refractivity (Wildman–Crippen MR) is 93.1 cm³/mol. The lowest BCUT2D eigenvalue weighted by Gasteiger charge is -2.37. The highest BCUT2D eigenvalue weighted by Crippen LogP contribution is 2.27. The van der Waals surface area contributed by atoms with Crippen LogP contribution in [0.15, 0.2) is 17.2 Å². The normalized spacial score (nSPS) is 23.5. The average molecular weight is 386 g/mol. The van der Waals surface area contributed by atoms with Crippen molar-refractivity contribution in [2.24, 2.45) is 5.92 Å². The molecule has 2 fully saturated rings. The predicted octanol–water partition coefficient (Wildman–Crippen LogP) is 1.98. The molecule has 1 unspecified atom stereocenters. The molecule has 0 aliphatic carbocycles. The van der Waals surface area contributed by atoms with Crippen molar-refractivity contribution in [3.8, 4) is 0 Å². The highest BCUT2D eigenvalue weighted by molar-refractivity contribution is 5.81. The van der Waals surface area contributed by atoms with Gasteiger partial charge in [0.1, 0.15) is 0 Å². The number of hydrogen-bond acceptors (Lipinski definition) is 4. The summed E-state index contributed by atoms with van der Waals surface area (Å²) in [6, 6.07) is 0.476. The minimum atomic E-state index is -4.61. The topological polar surface area (TPSA) is 58.4 Å². The van der Waals surface area contributed by atoms with Gasteiger partial charge in [-0.3, -0.25) is 19.1 Å². The summed E-state index contributed by atoms with van der Waals surface area (Å²) in [5.41, 5.74) is -1.84. The number of piperidine rings is 1. The minimum absolute atomic E-state index is 0.0751. The van der Waals surface area contributed by atoms with Crippen molar-refractivity contribution >= 4 is 5.91 Å². The number of likely N-dealkylation sites (N-methyl/N-ethyl adjacent to an activating group) is 1. The Kier molecular flexibility index (Phi) is 5.88. The molecular weight excluding hydrogens is 361 g/mol. The second-order valence-corrected chi connectivity index (χ2v) is 7.51. The maximum absolute atomic E-state index is 12.6. The van der Waals surface area contributed by atoms with Gasteiger partial charge in [0.15, 0.2) is 5.69 Å². The van der Waals surface area contributed by atoms with Gasteiger partial charge < -0.3 is 4.90 Å². The minimum Gasteiger partial charge on any atom is -0.344 e. The van der Waals surface area contributed by atoms with E-state index in [2.05, 4.69) is 9.88 Å². The van der Waals surface area contributed by atoms with Crippen LogP contribution < -0.4 is 5.56 Å². The van der Waals surface area contributed by atoms with Crippen molar-refractivity contribution in [1.29, 1.82) is 0 Å². The van der Waals surface area contributed by atoms with Gasteiger partial charge in [0.2, 0.25) is 5.91 Å². The Balaban J connectivity index is 1.58. The molecule has 6 nitrogen and oxygen atoms in total. The van der Waals surface area contributed by atoms with E-state index in [1.165, 1.54) is 4.57 Å². The Morgan fingerprint density at radius 1 is 1.11 bits per heavy atom. The smallest absolute Gasteiger partial charge is 0.344 e. The number of halogens is 3. The molecule has 9 heteroatoms. The SMILES string of the molecule is CN1CCCCC(N2CCC(Cn3cnc(C(F)(F)F)cc3=O)CC2)C1=O. The summed E-state index contributed by atoms with van der Waals surface area (Å²) in [5, 5.41) is 0. The number of hydrogen-bond donors (Lipinski definition) is 0. The summed E-state index contributed by atoms with van der Waals surface area (Å²) in [4.78, 5) is 31.9. The fourth-order valence-corrected chi connectivity index (χ4v) is 3.96. The van der Waals surface area contributed by atoms with Crippen LogP contribution in [0.4, 0.5) is 13.2 Å². The standard InChI is InChI=1S/C18H25F3N4O2/c1-23-7-3-2-4-14(17(23)27)24-8-5-13(6-9-24)11-25-12-22-15(10-16(25)26)18(19,20)21/h10,12-14H,2-9,11H2,1H3. The summed E-state index contributed by atoms with van der Waals surface area (Å²) in [5.74, 6) is 0.366. The molecule has 150 valence electrons. The van der Waals surface area contributed by atoms with Crippen LogP contribution in [0.1, 0.15) is 37.8 Å². The summed E-state index contributed by atoms with van der Waals surface area (Å²) in [6.45, 7) is 2.68. The molecule has 3 heterocycles. The van der Waals surface area contributed by atoms with E-state index in [0.29, 0.717) is 12.6 Å². The fourth-order valence-electron chi connectivity index (χ4n) is 3.96. The van der Waals surface area contributed by atoms with Crippen LogP contribution in [-0.2, 0) is 17.5 Å². The molecule has 0 N–H and O–H groups in total. The first-order valence-electron chi connectivity index (χ1n) is 9.38. The molecule has 2 saturated heterocycles. The second-order valence-electron chi connectivity index (χ2n) is 7.51. The van der Waals surface area contributed by atoms with Crippen LogP contribution in [0.25, 0.3) is 0 Å². The average Bonchev–Trinajstić information content (AvgIpc) is 2.78. The van der Waals surface area contributed by atoms with E-state index < -0.39 is 17.4 Å². The molecule has 0 spiro atoms. The molecule has 1 aromatic heterocycles. The molecule has 27 heavy (non-hydrogen) atoms. The molecule has 2 aliphatic rings. The van der Waals surface area contributed by atoms with Crippen molar-refractivity contribution in [1.82, 2.24) is 19.4 Å². The van der Waals surface area contributed by atoms with Gasteiger partial charge in [-0.1, -0.05) is 0 Å². The number of alkyl halides is 3. The number of amides is 1. The summed E-state index contributed by atoms with van der Waals surface area (Å²) in [7, 11) is 1.84. The van der Waals surface area contributed by atoms with Gasteiger partial charge in [0.25, 0.3) is 5.56 Å². The quantitative estimate of drug-likeness (QED) is 0.797. The third-order valence-electron chi connectivity index (χ3n) is 5.60. The first-order valence-corrected chi connectivity index (χ1v) is 9.38. The van der Waals surface area contributed by atoms with E-state index in [1.54, 1.807) is 4.90 Å². The van der Waals surface area contributed by atoms with Crippen LogP contribution in [0.2, 0.25) is 0 Å². The highest BCUT2D eigenvalue weighted by atomic mass is 19.4. The maximum Gasteiger partial charge on any atom is 0.433 e. The number of aromatic nitrogens is 2. The maximum atomic E-state index is 12.6. The molecule has 0 bridgehead atoms. The Bertz CT molecular complexity index is 726. The van der Waals surface area contributed by atoms with Gasteiger partial charge >= 0.3 is 6.18 Å². The van der Waals surface area contributed by atoms with Gasteiger partial charge in [0, 0.05) is 26.2 Å². The van der Waals surface area contributed by atoms with Gasteiger partial charge in [-0.25, -0.2) is 4.98 Å². The molecule has 0 aromatic carbocycles. The van der Waals surface area contributed by atoms with E-state index in [4.69, 9.17) is 0 Å². The van der Waals surface area contributed by atoms with Crippen LogP contribution >= 0.6 is 0 Å². The Morgan fingerprint density at radius 2 is 1.81 bits per heavy atom. The molecule has 0 saturated carbocycles. The third-order valence-corrected chi connectivity index (χ3v) is 5.60. The first kappa shape index (κ1) is 19.9. The lowest BCUT2D eigenvalue weighted by Crippen LogP contribution is -2.49. The molecule has 0 radical (unpaired) electrons. The van der Waals surface area contributed by atoms with E-state index in [0.717, 1.165) is 58.1 Å². The molecule has 1 aromatic rings. The lowest BCUT2D eigenvalue weighted by molar-refractivity contribution is -0.141. The zero-order chi connectivity index (χ0) is 19.6. The van der Waals surface area contributed by atoms with Crippen molar-refractivity contribution in [2.75, 3.05) is 26.7 Å². The molecule has 1 atom stereocenters. The van der Waals surface area contributed by atoms with Gasteiger partial charge in [0.05, 0.1) is 12.4 Å². The fraction of sp³-hybridized carbons (Fsp3) is 0.722. The summed E-state index contributed by atoms with van der Waals surface area (Å²) < 4.78 is 39.1. The van der Waals surface area contributed by atoms with Gasteiger partial charge in [-0.05, 0) is 51.1 Å². The zero-order valence-corrected chi connectivity index (χ0v) is 15.4. The van der Waals surface area contributed by atoms with Crippen molar-refractivity contribution in [2.45, 2.75) is 50.9 Å². The zero-order valence-electron chi connectivity index (χ0n) is 15.4. The van der Waals surface area contributed by atoms with Crippen LogP contribution in [0.3, 0.4) is 0 Å². The number of carbonyl (C=O) groups is 1. The van der Waals surface area contributed by atoms with E-state index in [1.807, 2.05) is 7.05 Å². The Hall–Kier alpha value is -1.90. The summed E-state index contributed by atoms with van der Waals surface area (Å²) in [6.07, 6.45) is 0.924. The Morgan fingerprint density at radius 3 is 2.44 bits per heavy atom. The van der Waals surface area contributed by atoms with Crippen LogP contribution in [-0.4, -0.2) is 58.0 Å². The largest absolute Gasteiger partial charge is 0.433 e. The van der Waals surface area contributed by atoms with Crippen LogP contribution in [0, 0.1) is 5.92 Å². The van der Waals surface area contributed by atoms with Gasteiger partial charge in [-0.15, -0.1) is 0 Å². The molecular formula is C18H25F3N4O2. The highest BCUT2D eigenvalue weighted by Gasteiger charge is 2.34. The van der Waals surface area contributed by atoms with Crippen molar-refractivity contribution < 1.29 is 18.0 Å². The second kappa shape index (κ2) is 8.00. The lowest BCUT2D eigenvalue weighted by atomic mass is 9.94. The van der Waals surface area contributed by atoms with Crippen molar-refractivity contribution in [3.05, 3.63) is 28.4 Å². The van der Waals surface area contributed by atoms with Gasteiger partial charge in [-0.2, -0.15) is 13.2 Å². The monoisotopic (exact) mass is 386 g/mol. The first-order chi connectivity index (χ1) is 12.8. The molecule has 3 rings (SSSR count). The number of rotatable bonds is 3. The third kappa shape index (κ3) is 4.69. The van der Waals surface area contributed by atoms with E-state index in [9.17, 15) is 22.8 Å². The molecule has 1 amide bonds. The number of likely N-dealkylation sites (tertiary alicyclic amines) is 2. The number of carbonyl (C=O) groups excluding carboxylic acids is 1. The van der Waals surface area contributed by atoms with E-state index in [-0.39, 0.29) is 17.9 Å². The number of nitrogens with zero attached hydrogens (tertiary/aromatic N) is 4. The van der Waals surface area contributed by atoms with Crippen molar-refractivity contribution in [3.63, 3.8) is 0 Å². The van der Waals surface area contributed by atoms with Crippen LogP contribution in [0.5, 0.6) is 0 Å².